The summed E-state index contributed by atoms with van der Waals surface area (Å²) in [4.78, 5) is 25.5. The minimum Gasteiger partial charge on any atom is -0.454 e. The van der Waals surface area contributed by atoms with Gasteiger partial charge in [-0.3, -0.25) is 4.79 Å². The summed E-state index contributed by atoms with van der Waals surface area (Å²) in [6.07, 6.45) is 1.54. The van der Waals surface area contributed by atoms with Gasteiger partial charge in [-0.15, -0.1) is 5.10 Å². The molecule has 10 heteroatoms. The molecule has 0 aliphatic carbocycles. The number of benzene rings is 1. The fraction of sp³-hybridized carbons (Fsp3) is 0.389. The molecule has 2 aliphatic rings. The molecular weight excluding hydrogens is 362 g/mol. The van der Waals surface area contributed by atoms with Gasteiger partial charge in [0.05, 0.1) is 0 Å². The summed E-state index contributed by atoms with van der Waals surface area (Å²) in [6, 6.07) is 5.30. The maximum atomic E-state index is 12.9. The monoisotopic (exact) mass is 381 g/mol. The summed E-state index contributed by atoms with van der Waals surface area (Å²) in [5.74, 6) is 2.05. The second kappa shape index (κ2) is 6.63. The van der Waals surface area contributed by atoms with Crippen molar-refractivity contribution in [3.63, 3.8) is 0 Å². The van der Waals surface area contributed by atoms with Crippen molar-refractivity contribution >= 4 is 22.9 Å². The zero-order valence-corrected chi connectivity index (χ0v) is 15.4. The van der Waals surface area contributed by atoms with E-state index in [2.05, 4.69) is 25.2 Å². The van der Waals surface area contributed by atoms with E-state index in [4.69, 9.17) is 9.47 Å². The Bertz CT molecular complexity index is 1040. The first-order chi connectivity index (χ1) is 13.7. The van der Waals surface area contributed by atoms with Gasteiger partial charge < -0.3 is 19.3 Å². The molecule has 4 heterocycles. The highest BCUT2D eigenvalue weighted by molar-refractivity contribution is 5.95. The number of carbonyl (C=O) groups excluding carboxylic acids is 1. The zero-order valence-electron chi connectivity index (χ0n) is 15.4. The molecule has 0 unspecified atom stereocenters. The van der Waals surface area contributed by atoms with Crippen LogP contribution < -0.4 is 14.4 Å². The summed E-state index contributed by atoms with van der Waals surface area (Å²) >= 11 is 0. The normalized spacial score (nSPS) is 16.0. The maximum absolute atomic E-state index is 12.9. The van der Waals surface area contributed by atoms with Crippen molar-refractivity contribution in [2.75, 3.05) is 37.9 Å². The summed E-state index contributed by atoms with van der Waals surface area (Å²) in [6.45, 7) is 5.42. The topological polar surface area (TPSA) is 98.5 Å². The lowest BCUT2D eigenvalue weighted by Gasteiger charge is -2.35. The minimum atomic E-state index is -0.0114. The number of carbonyl (C=O) groups is 1. The molecular formula is C18H19N7O3. The molecule has 1 aromatic carbocycles. The minimum absolute atomic E-state index is 0.0114. The lowest BCUT2D eigenvalue weighted by Crippen LogP contribution is -2.49. The first kappa shape index (κ1) is 16.7. The van der Waals surface area contributed by atoms with Crippen molar-refractivity contribution in [1.29, 1.82) is 0 Å². The predicted molar refractivity (Wildman–Crippen MR) is 99.5 cm³/mol. The van der Waals surface area contributed by atoms with Crippen LogP contribution in [0.2, 0.25) is 0 Å². The van der Waals surface area contributed by atoms with E-state index in [9.17, 15) is 4.79 Å². The van der Waals surface area contributed by atoms with Crippen LogP contribution in [0.5, 0.6) is 11.5 Å². The Labute approximate surface area is 160 Å². The molecule has 5 rings (SSSR count). The number of hydrogen-bond acceptors (Lipinski definition) is 8. The van der Waals surface area contributed by atoms with Crippen LogP contribution in [-0.4, -0.2) is 68.7 Å². The Balaban J connectivity index is 1.31. The van der Waals surface area contributed by atoms with E-state index >= 15 is 0 Å². The van der Waals surface area contributed by atoms with E-state index in [1.807, 2.05) is 11.8 Å². The lowest BCUT2D eigenvalue weighted by molar-refractivity contribution is 0.0746. The number of aryl methyl sites for hydroxylation is 1. The van der Waals surface area contributed by atoms with E-state index in [1.54, 1.807) is 22.9 Å². The number of piperazine rings is 1. The number of ether oxygens (including phenoxy) is 2. The highest BCUT2D eigenvalue weighted by Crippen LogP contribution is 2.33. The molecule has 1 fully saturated rings. The molecule has 0 N–H and O–H groups in total. The number of rotatable bonds is 3. The standard InChI is InChI=1S/C18H19N7O3/c1-2-25-17-15(21-22-25)16(19-10-20-17)23-5-7-24(8-6-23)18(26)12-3-4-13-14(9-12)28-11-27-13/h3-4,9-10H,2,5-8,11H2,1H3. The fourth-order valence-corrected chi connectivity index (χ4v) is 3.56. The molecule has 0 radical (unpaired) electrons. The van der Waals surface area contributed by atoms with Gasteiger partial charge in [-0.05, 0) is 25.1 Å². The average Bonchev–Trinajstić information content (AvgIpc) is 3.39. The molecule has 0 spiro atoms. The summed E-state index contributed by atoms with van der Waals surface area (Å²) in [5.41, 5.74) is 2.03. The van der Waals surface area contributed by atoms with Gasteiger partial charge in [0.25, 0.3) is 5.91 Å². The van der Waals surface area contributed by atoms with Crippen LogP contribution in [0.25, 0.3) is 11.2 Å². The molecule has 0 atom stereocenters. The third-order valence-electron chi connectivity index (χ3n) is 5.07. The second-order valence-electron chi connectivity index (χ2n) is 6.62. The fourth-order valence-electron chi connectivity index (χ4n) is 3.56. The Kier molecular flexibility index (Phi) is 3.96. The first-order valence-corrected chi connectivity index (χ1v) is 9.22. The summed E-state index contributed by atoms with van der Waals surface area (Å²) in [5, 5.41) is 8.37. The molecule has 144 valence electrons. The first-order valence-electron chi connectivity index (χ1n) is 9.22. The quantitative estimate of drug-likeness (QED) is 0.661. The molecule has 2 aliphatic heterocycles. The largest absolute Gasteiger partial charge is 0.454 e. The van der Waals surface area contributed by atoms with Crippen molar-refractivity contribution in [2.45, 2.75) is 13.5 Å². The number of aromatic nitrogens is 5. The van der Waals surface area contributed by atoms with Gasteiger partial charge in [0.15, 0.2) is 28.5 Å². The van der Waals surface area contributed by atoms with E-state index < -0.39 is 0 Å². The molecule has 1 saturated heterocycles. The predicted octanol–water partition coefficient (Wildman–Crippen LogP) is 0.932. The Morgan fingerprint density at radius 2 is 1.93 bits per heavy atom. The highest BCUT2D eigenvalue weighted by atomic mass is 16.7. The van der Waals surface area contributed by atoms with Gasteiger partial charge in [0.1, 0.15) is 6.33 Å². The smallest absolute Gasteiger partial charge is 0.254 e. The van der Waals surface area contributed by atoms with Crippen molar-refractivity contribution < 1.29 is 14.3 Å². The Morgan fingerprint density at radius 1 is 1.11 bits per heavy atom. The molecule has 1 amide bonds. The van der Waals surface area contributed by atoms with Crippen molar-refractivity contribution in [1.82, 2.24) is 29.9 Å². The third kappa shape index (κ3) is 2.68. The number of anilines is 1. The van der Waals surface area contributed by atoms with Crippen LogP contribution in [-0.2, 0) is 6.54 Å². The molecule has 3 aromatic rings. The van der Waals surface area contributed by atoms with E-state index in [0.717, 1.165) is 11.5 Å². The number of nitrogens with zero attached hydrogens (tertiary/aromatic N) is 7. The summed E-state index contributed by atoms with van der Waals surface area (Å²) in [7, 11) is 0. The van der Waals surface area contributed by atoms with E-state index in [1.165, 1.54) is 6.33 Å². The van der Waals surface area contributed by atoms with Gasteiger partial charge in [0.2, 0.25) is 6.79 Å². The van der Waals surface area contributed by atoms with Crippen LogP contribution >= 0.6 is 0 Å². The van der Waals surface area contributed by atoms with Gasteiger partial charge in [-0.25, -0.2) is 14.6 Å². The number of amides is 1. The second-order valence-corrected chi connectivity index (χ2v) is 6.62. The molecule has 0 saturated carbocycles. The van der Waals surface area contributed by atoms with Gasteiger partial charge in [-0.1, -0.05) is 5.21 Å². The van der Waals surface area contributed by atoms with E-state index in [0.29, 0.717) is 55.3 Å². The lowest BCUT2D eigenvalue weighted by atomic mass is 10.1. The molecule has 10 nitrogen and oxygen atoms in total. The average molecular weight is 381 g/mol. The van der Waals surface area contributed by atoms with Crippen LogP contribution in [0, 0.1) is 0 Å². The van der Waals surface area contributed by atoms with E-state index in [-0.39, 0.29) is 12.7 Å². The van der Waals surface area contributed by atoms with Crippen molar-refractivity contribution in [3.05, 3.63) is 30.1 Å². The van der Waals surface area contributed by atoms with Gasteiger partial charge >= 0.3 is 0 Å². The van der Waals surface area contributed by atoms with Crippen molar-refractivity contribution in [3.8, 4) is 11.5 Å². The molecule has 28 heavy (non-hydrogen) atoms. The maximum Gasteiger partial charge on any atom is 0.254 e. The van der Waals surface area contributed by atoms with Crippen LogP contribution in [0.3, 0.4) is 0 Å². The van der Waals surface area contributed by atoms with Gasteiger partial charge in [0, 0.05) is 38.3 Å². The van der Waals surface area contributed by atoms with Crippen LogP contribution in [0.15, 0.2) is 24.5 Å². The zero-order chi connectivity index (χ0) is 19.1. The van der Waals surface area contributed by atoms with Crippen LogP contribution in [0.4, 0.5) is 5.82 Å². The SMILES string of the molecule is CCn1nnc2c(N3CCN(C(=O)c4ccc5c(c4)OCO5)CC3)ncnc21. The molecule has 0 bridgehead atoms. The molecule has 2 aromatic heterocycles. The van der Waals surface area contributed by atoms with Gasteiger partial charge in [-0.2, -0.15) is 0 Å². The Hall–Kier alpha value is -3.43. The number of hydrogen-bond donors (Lipinski definition) is 0. The summed E-state index contributed by atoms with van der Waals surface area (Å²) < 4.78 is 12.4. The third-order valence-corrected chi connectivity index (χ3v) is 5.07. The Morgan fingerprint density at radius 3 is 2.75 bits per heavy atom. The van der Waals surface area contributed by atoms with Crippen molar-refractivity contribution in [2.24, 2.45) is 0 Å². The number of fused-ring (bicyclic) bond motifs is 2. The highest BCUT2D eigenvalue weighted by Gasteiger charge is 2.26. The van der Waals surface area contributed by atoms with Crippen LogP contribution in [0.1, 0.15) is 17.3 Å².